The molecule has 2 heterocycles. The maximum absolute atomic E-state index is 12.2. The molecule has 1 saturated heterocycles. The van der Waals surface area contributed by atoms with Gasteiger partial charge in [0, 0.05) is 18.0 Å². The normalized spacial score (nSPS) is 20.5. The van der Waals surface area contributed by atoms with Crippen LogP contribution in [0.3, 0.4) is 0 Å². The van der Waals surface area contributed by atoms with E-state index >= 15 is 0 Å². The van der Waals surface area contributed by atoms with Crippen molar-refractivity contribution in [1.29, 1.82) is 0 Å². The number of likely N-dealkylation sites (tertiary alicyclic amines) is 1. The molecule has 1 atom stereocenters. The summed E-state index contributed by atoms with van der Waals surface area (Å²) in [6.45, 7) is 2.39. The molecule has 1 aliphatic heterocycles. The molecular weight excluding hydrogens is 312 g/mol. The topological polar surface area (TPSA) is 86.7 Å². The molecule has 6 nitrogen and oxygen atoms in total. The summed E-state index contributed by atoms with van der Waals surface area (Å²) in [5, 5.41) is 8.71. The number of rotatable bonds is 6. The van der Waals surface area contributed by atoms with Gasteiger partial charge in [-0.3, -0.25) is 4.79 Å². The van der Waals surface area contributed by atoms with Crippen molar-refractivity contribution in [1.82, 2.24) is 9.62 Å². The minimum absolute atomic E-state index is 0.145. The predicted molar refractivity (Wildman–Crippen MR) is 81.1 cm³/mol. The van der Waals surface area contributed by atoms with Crippen molar-refractivity contribution in [2.75, 3.05) is 26.7 Å². The second-order valence-corrected chi connectivity index (χ2v) is 8.58. The summed E-state index contributed by atoms with van der Waals surface area (Å²) in [5.41, 5.74) is 0. The minimum atomic E-state index is -3.54. The van der Waals surface area contributed by atoms with E-state index in [2.05, 4.69) is 9.62 Å². The Bertz CT molecular complexity index is 597. The Hall–Kier alpha value is -0.960. The second kappa shape index (κ2) is 6.87. The Morgan fingerprint density at radius 3 is 2.95 bits per heavy atom. The van der Waals surface area contributed by atoms with E-state index in [0.717, 1.165) is 37.3 Å². The van der Waals surface area contributed by atoms with Crippen LogP contribution in [0, 0.1) is 5.92 Å². The standard InChI is InChI=1S/C13H20N2O4S2/c1-15-6-2-3-10(9-15)8-14-21(18,19)13-5-4-11(20-13)7-12(16)17/h4-5,10,14H,2-3,6-9H2,1H3,(H,16,17). The number of piperidine rings is 1. The van der Waals surface area contributed by atoms with Crippen LogP contribution in [0.2, 0.25) is 0 Å². The highest BCUT2D eigenvalue weighted by atomic mass is 32.2. The first-order chi connectivity index (χ1) is 9.87. The van der Waals surface area contributed by atoms with Crippen LogP contribution in [0.15, 0.2) is 16.3 Å². The van der Waals surface area contributed by atoms with Crippen molar-refractivity contribution in [2.24, 2.45) is 5.92 Å². The zero-order chi connectivity index (χ0) is 15.5. The second-order valence-electron chi connectivity index (χ2n) is 5.41. The van der Waals surface area contributed by atoms with Crippen LogP contribution in [0.5, 0.6) is 0 Å². The van der Waals surface area contributed by atoms with Crippen molar-refractivity contribution in [2.45, 2.75) is 23.5 Å². The molecular formula is C13H20N2O4S2. The molecule has 8 heteroatoms. The summed E-state index contributed by atoms with van der Waals surface area (Å²) < 4.78 is 27.2. The van der Waals surface area contributed by atoms with Gasteiger partial charge in [0.2, 0.25) is 10.0 Å². The van der Waals surface area contributed by atoms with Gasteiger partial charge in [-0.05, 0) is 44.5 Å². The summed E-state index contributed by atoms with van der Waals surface area (Å²) in [5.74, 6) is -0.629. The Balaban J connectivity index is 1.94. The molecule has 1 fully saturated rings. The van der Waals surface area contributed by atoms with Crippen LogP contribution in [0.25, 0.3) is 0 Å². The van der Waals surface area contributed by atoms with E-state index in [9.17, 15) is 13.2 Å². The third kappa shape index (κ3) is 4.77. The van der Waals surface area contributed by atoms with Gasteiger partial charge in [-0.15, -0.1) is 11.3 Å². The number of thiophene rings is 1. The van der Waals surface area contributed by atoms with Crippen LogP contribution in [-0.4, -0.2) is 51.1 Å². The van der Waals surface area contributed by atoms with Crippen LogP contribution in [0.1, 0.15) is 17.7 Å². The van der Waals surface area contributed by atoms with Gasteiger partial charge in [-0.1, -0.05) is 0 Å². The van der Waals surface area contributed by atoms with Crippen molar-refractivity contribution >= 4 is 27.3 Å². The van der Waals surface area contributed by atoms with Crippen molar-refractivity contribution < 1.29 is 18.3 Å². The molecule has 0 spiro atoms. The Labute approximate surface area is 128 Å². The molecule has 0 aromatic carbocycles. The first-order valence-corrected chi connectivity index (χ1v) is 9.15. The Morgan fingerprint density at radius 2 is 2.29 bits per heavy atom. The van der Waals surface area contributed by atoms with Crippen molar-refractivity contribution in [3.8, 4) is 0 Å². The summed E-state index contributed by atoms with van der Waals surface area (Å²) in [6, 6.07) is 3.03. The monoisotopic (exact) mass is 332 g/mol. The SMILES string of the molecule is CN1CCCC(CNS(=O)(=O)c2ccc(CC(=O)O)s2)C1. The number of nitrogens with zero attached hydrogens (tertiary/aromatic N) is 1. The molecule has 0 radical (unpaired) electrons. The van der Waals surface area contributed by atoms with Gasteiger partial charge in [0.25, 0.3) is 0 Å². The van der Waals surface area contributed by atoms with E-state index < -0.39 is 16.0 Å². The number of nitrogens with one attached hydrogen (secondary N) is 1. The number of hydrogen-bond acceptors (Lipinski definition) is 5. The average molecular weight is 332 g/mol. The van der Waals surface area contributed by atoms with Gasteiger partial charge >= 0.3 is 5.97 Å². The third-order valence-electron chi connectivity index (χ3n) is 3.51. The van der Waals surface area contributed by atoms with Gasteiger partial charge < -0.3 is 10.0 Å². The summed E-state index contributed by atoms with van der Waals surface area (Å²) >= 11 is 1.01. The number of hydrogen-bond donors (Lipinski definition) is 2. The van der Waals surface area contributed by atoms with Crippen LogP contribution in [-0.2, 0) is 21.2 Å². The molecule has 21 heavy (non-hydrogen) atoms. The minimum Gasteiger partial charge on any atom is -0.481 e. The molecule has 1 aliphatic rings. The first-order valence-electron chi connectivity index (χ1n) is 6.85. The summed E-state index contributed by atoms with van der Waals surface area (Å²) in [4.78, 5) is 13.4. The quantitative estimate of drug-likeness (QED) is 0.811. The van der Waals surface area contributed by atoms with Gasteiger partial charge in [0.15, 0.2) is 0 Å². The van der Waals surface area contributed by atoms with Crippen LogP contribution in [0.4, 0.5) is 0 Å². The lowest BCUT2D eigenvalue weighted by molar-refractivity contribution is -0.136. The zero-order valence-electron chi connectivity index (χ0n) is 11.9. The fourth-order valence-corrected chi connectivity index (χ4v) is 4.99. The van der Waals surface area contributed by atoms with E-state index in [1.165, 1.54) is 6.07 Å². The molecule has 0 aliphatic carbocycles. The summed E-state index contributed by atoms with van der Waals surface area (Å²) in [6.07, 6.45) is 1.97. The third-order valence-corrected chi connectivity index (χ3v) is 6.51. The molecule has 1 aromatic rings. The molecule has 118 valence electrons. The lowest BCUT2D eigenvalue weighted by Crippen LogP contribution is -2.38. The zero-order valence-corrected chi connectivity index (χ0v) is 13.5. The van der Waals surface area contributed by atoms with E-state index in [0.29, 0.717) is 17.3 Å². The van der Waals surface area contributed by atoms with Crippen LogP contribution >= 0.6 is 11.3 Å². The van der Waals surface area contributed by atoms with E-state index in [1.807, 2.05) is 7.05 Å². The molecule has 2 N–H and O–H groups in total. The molecule has 0 amide bonds. The number of carbonyl (C=O) groups is 1. The molecule has 1 unspecified atom stereocenters. The average Bonchev–Trinajstić information content (AvgIpc) is 2.85. The highest BCUT2D eigenvalue weighted by Crippen LogP contribution is 2.22. The van der Waals surface area contributed by atoms with Crippen LogP contribution < -0.4 is 4.72 Å². The Kier molecular flexibility index (Phi) is 5.37. The van der Waals surface area contributed by atoms with Gasteiger partial charge in [0.05, 0.1) is 6.42 Å². The van der Waals surface area contributed by atoms with E-state index in [4.69, 9.17) is 5.11 Å². The Morgan fingerprint density at radius 1 is 1.52 bits per heavy atom. The van der Waals surface area contributed by atoms with Crippen molar-refractivity contribution in [3.63, 3.8) is 0 Å². The smallest absolute Gasteiger partial charge is 0.308 e. The van der Waals surface area contributed by atoms with E-state index in [-0.39, 0.29) is 10.6 Å². The van der Waals surface area contributed by atoms with Gasteiger partial charge in [-0.25, -0.2) is 13.1 Å². The fourth-order valence-electron chi connectivity index (χ4n) is 2.49. The number of carboxylic acid groups (broad SMARTS) is 1. The summed E-state index contributed by atoms with van der Waals surface area (Å²) in [7, 11) is -1.50. The highest BCUT2D eigenvalue weighted by Gasteiger charge is 2.22. The van der Waals surface area contributed by atoms with Crippen molar-refractivity contribution in [3.05, 3.63) is 17.0 Å². The highest BCUT2D eigenvalue weighted by molar-refractivity contribution is 7.91. The molecule has 1 aromatic heterocycles. The molecule has 2 rings (SSSR count). The lowest BCUT2D eigenvalue weighted by atomic mass is 9.99. The maximum atomic E-state index is 12.2. The largest absolute Gasteiger partial charge is 0.481 e. The first kappa shape index (κ1) is 16.4. The molecule has 0 bridgehead atoms. The van der Waals surface area contributed by atoms with Gasteiger partial charge in [0.1, 0.15) is 4.21 Å². The fraction of sp³-hybridized carbons (Fsp3) is 0.615. The maximum Gasteiger partial charge on any atom is 0.308 e. The predicted octanol–water partition coefficient (Wildman–Crippen LogP) is 0.995. The van der Waals surface area contributed by atoms with Gasteiger partial charge in [-0.2, -0.15) is 0 Å². The lowest BCUT2D eigenvalue weighted by Gasteiger charge is -2.29. The number of sulfonamides is 1. The number of aliphatic carboxylic acids is 1. The number of carboxylic acids is 1. The van der Waals surface area contributed by atoms with E-state index in [1.54, 1.807) is 6.07 Å². The molecule has 0 saturated carbocycles.